The molecule has 2 aromatic heterocycles. The van der Waals surface area contributed by atoms with Gasteiger partial charge in [0.15, 0.2) is 5.82 Å². The molecule has 0 spiro atoms. The minimum atomic E-state index is 0.616. The molecule has 2 rings (SSSR count). The van der Waals surface area contributed by atoms with Crippen molar-refractivity contribution in [2.24, 2.45) is 0 Å². The van der Waals surface area contributed by atoms with Gasteiger partial charge in [0, 0.05) is 12.4 Å². The Morgan fingerprint density at radius 3 is 2.86 bits per heavy atom. The van der Waals surface area contributed by atoms with Gasteiger partial charge in [-0.2, -0.15) is 0 Å². The molecule has 0 aliphatic rings. The second-order valence-electron chi connectivity index (χ2n) is 2.73. The van der Waals surface area contributed by atoms with E-state index in [0.29, 0.717) is 12.4 Å². The van der Waals surface area contributed by atoms with Gasteiger partial charge in [-0.15, -0.1) is 15.0 Å². The van der Waals surface area contributed by atoms with E-state index in [1.165, 1.54) is 4.80 Å². The molecular weight excluding hydrogens is 180 g/mol. The van der Waals surface area contributed by atoms with Crippen molar-refractivity contribution in [1.29, 1.82) is 0 Å². The first-order chi connectivity index (χ1) is 6.90. The van der Waals surface area contributed by atoms with Gasteiger partial charge >= 0.3 is 0 Å². The van der Waals surface area contributed by atoms with Crippen LogP contribution in [0.2, 0.25) is 0 Å². The maximum absolute atomic E-state index is 4.17. The molecule has 0 saturated heterocycles. The van der Waals surface area contributed by atoms with E-state index in [1.54, 1.807) is 12.4 Å². The van der Waals surface area contributed by atoms with Crippen LogP contribution in [-0.4, -0.2) is 32.2 Å². The minimum absolute atomic E-state index is 0.616. The quantitative estimate of drug-likeness (QED) is 0.724. The van der Waals surface area contributed by atoms with E-state index in [9.17, 15) is 0 Å². The lowest BCUT2D eigenvalue weighted by atomic mass is 10.4. The Kier molecular flexibility index (Phi) is 2.46. The summed E-state index contributed by atoms with van der Waals surface area (Å²) in [4.78, 5) is 5.39. The third-order valence-corrected chi connectivity index (χ3v) is 1.68. The highest BCUT2D eigenvalue weighted by Gasteiger charge is 2.02. The molecule has 6 nitrogen and oxygen atoms in total. The van der Waals surface area contributed by atoms with Crippen molar-refractivity contribution in [3.63, 3.8) is 0 Å². The predicted molar refractivity (Wildman–Crippen MR) is 49.7 cm³/mol. The molecule has 6 heteroatoms. The van der Waals surface area contributed by atoms with Gasteiger partial charge < -0.3 is 5.32 Å². The highest BCUT2D eigenvalue weighted by Crippen LogP contribution is 2.00. The Bertz CT molecular complexity index is 395. The number of tetrazole rings is 1. The largest absolute Gasteiger partial charge is 0.313 e. The van der Waals surface area contributed by atoms with Crippen LogP contribution in [0.3, 0.4) is 0 Å². The first-order valence-corrected chi connectivity index (χ1v) is 4.24. The summed E-state index contributed by atoms with van der Waals surface area (Å²) in [6.07, 6.45) is 3.38. The highest BCUT2D eigenvalue weighted by atomic mass is 15.6. The third-order valence-electron chi connectivity index (χ3n) is 1.68. The van der Waals surface area contributed by atoms with Crippen LogP contribution in [0.4, 0.5) is 0 Å². The average Bonchev–Trinajstić information content (AvgIpc) is 2.68. The van der Waals surface area contributed by atoms with Gasteiger partial charge in [0.25, 0.3) is 0 Å². The van der Waals surface area contributed by atoms with Gasteiger partial charge in [0.2, 0.25) is 0 Å². The van der Waals surface area contributed by atoms with Crippen molar-refractivity contribution in [3.8, 4) is 5.69 Å². The Balaban J connectivity index is 2.25. The summed E-state index contributed by atoms with van der Waals surface area (Å²) in [6.45, 7) is 0.616. The van der Waals surface area contributed by atoms with Crippen LogP contribution in [0.5, 0.6) is 0 Å². The molecule has 0 unspecified atom stereocenters. The lowest BCUT2D eigenvalue weighted by Gasteiger charge is -1.94. The molecule has 0 atom stereocenters. The van der Waals surface area contributed by atoms with Gasteiger partial charge in [0.05, 0.1) is 12.2 Å². The smallest absolute Gasteiger partial charge is 0.188 e. The zero-order valence-corrected chi connectivity index (χ0v) is 7.75. The van der Waals surface area contributed by atoms with E-state index < -0.39 is 0 Å². The van der Waals surface area contributed by atoms with E-state index >= 15 is 0 Å². The number of nitrogens with zero attached hydrogens (tertiary/aromatic N) is 5. The van der Waals surface area contributed by atoms with Crippen molar-refractivity contribution in [2.45, 2.75) is 6.54 Å². The van der Waals surface area contributed by atoms with Crippen LogP contribution in [0.25, 0.3) is 5.69 Å². The monoisotopic (exact) mass is 190 g/mol. The second kappa shape index (κ2) is 3.93. The molecule has 14 heavy (non-hydrogen) atoms. The maximum Gasteiger partial charge on any atom is 0.188 e. The van der Waals surface area contributed by atoms with Gasteiger partial charge in [-0.25, -0.2) is 0 Å². The summed E-state index contributed by atoms with van der Waals surface area (Å²) in [6, 6.07) is 3.65. The van der Waals surface area contributed by atoms with Crippen LogP contribution in [0.1, 0.15) is 5.82 Å². The molecule has 0 aromatic carbocycles. The SMILES string of the molecule is CNCc1nnn(-c2ccncc2)n1. The molecule has 0 radical (unpaired) electrons. The van der Waals surface area contributed by atoms with E-state index in [2.05, 4.69) is 25.7 Å². The normalized spacial score (nSPS) is 10.4. The number of nitrogens with one attached hydrogen (secondary N) is 1. The molecule has 0 aliphatic carbocycles. The van der Waals surface area contributed by atoms with Crippen molar-refractivity contribution in [2.75, 3.05) is 7.05 Å². The fourth-order valence-corrected chi connectivity index (χ4v) is 1.06. The second-order valence-corrected chi connectivity index (χ2v) is 2.73. The summed E-state index contributed by atoms with van der Waals surface area (Å²) in [5, 5.41) is 14.9. The van der Waals surface area contributed by atoms with Gasteiger partial charge in [0.1, 0.15) is 0 Å². The fourth-order valence-electron chi connectivity index (χ4n) is 1.06. The third kappa shape index (κ3) is 1.74. The summed E-state index contributed by atoms with van der Waals surface area (Å²) < 4.78 is 0. The predicted octanol–water partition coefficient (Wildman–Crippen LogP) is -0.223. The molecule has 2 aromatic rings. The zero-order valence-electron chi connectivity index (χ0n) is 7.75. The van der Waals surface area contributed by atoms with E-state index in [-0.39, 0.29) is 0 Å². The Hall–Kier alpha value is -1.82. The molecule has 0 bridgehead atoms. The molecule has 2 heterocycles. The topological polar surface area (TPSA) is 68.5 Å². The Morgan fingerprint density at radius 2 is 2.14 bits per heavy atom. The average molecular weight is 190 g/mol. The Labute approximate surface area is 81.0 Å². The van der Waals surface area contributed by atoms with Crippen LogP contribution >= 0.6 is 0 Å². The van der Waals surface area contributed by atoms with E-state index in [0.717, 1.165) is 5.69 Å². The van der Waals surface area contributed by atoms with E-state index in [1.807, 2.05) is 19.2 Å². The van der Waals surface area contributed by atoms with Crippen LogP contribution in [0.15, 0.2) is 24.5 Å². The van der Waals surface area contributed by atoms with Crippen molar-refractivity contribution in [3.05, 3.63) is 30.4 Å². The summed E-state index contributed by atoms with van der Waals surface area (Å²) in [5.41, 5.74) is 0.856. The van der Waals surface area contributed by atoms with E-state index in [4.69, 9.17) is 0 Å². The fraction of sp³-hybridized carbons (Fsp3) is 0.250. The van der Waals surface area contributed by atoms with Gasteiger partial charge in [-0.05, 0) is 24.4 Å². The molecule has 1 N–H and O–H groups in total. The number of aromatic nitrogens is 5. The van der Waals surface area contributed by atoms with Crippen LogP contribution in [0, 0.1) is 0 Å². The number of hydrogen-bond donors (Lipinski definition) is 1. The van der Waals surface area contributed by atoms with Crippen molar-refractivity contribution < 1.29 is 0 Å². The Morgan fingerprint density at radius 1 is 1.36 bits per heavy atom. The molecular formula is C8H10N6. The van der Waals surface area contributed by atoms with Crippen LogP contribution in [-0.2, 0) is 6.54 Å². The maximum atomic E-state index is 4.17. The van der Waals surface area contributed by atoms with Crippen LogP contribution < -0.4 is 5.32 Å². The minimum Gasteiger partial charge on any atom is -0.313 e. The van der Waals surface area contributed by atoms with Crippen molar-refractivity contribution >= 4 is 0 Å². The molecule has 0 saturated carbocycles. The first kappa shape index (κ1) is 8.76. The molecule has 72 valence electrons. The lowest BCUT2D eigenvalue weighted by molar-refractivity contribution is 0.710. The summed E-state index contributed by atoms with van der Waals surface area (Å²) in [7, 11) is 1.84. The zero-order chi connectivity index (χ0) is 9.80. The molecule has 0 amide bonds. The highest BCUT2D eigenvalue weighted by molar-refractivity contribution is 5.24. The van der Waals surface area contributed by atoms with Crippen molar-refractivity contribution in [1.82, 2.24) is 30.5 Å². The number of rotatable bonds is 3. The lowest BCUT2D eigenvalue weighted by Crippen LogP contribution is -2.07. The number of pyridine rings is 1. The summed E-state index contributed by atoms with van der Waals surface area (Å²) in [5.74, 6) is 0.671. The number of hydrogen-bond acceptors (Lipinski definition) is 5. The summed E-state index contributed by atoms with van der Waals surface area (Å²) >= 11 is 0. The molecule has 0 fully saturated rings. The standard InChI is InChI=1S/C8H10N6/c1-9-6-8-11-13-14(12-8)7-2-4-10-5-3-7/h2-5,9H,6H2,1H3. The molecule has 0 aliphatic heterocycles. The van der Waals surface area contributed by atoms with Gasteiger partial charge in [-0.3, -0.25) is 4.98 Å². The van der Waals surface area contributed by atoms with Gasteiger partial charge in [-0.1, -0.05) is 0 Å². The first-order valence-electron chi connectivity index (χ1n) is 4.24.